The highest BCUT2D eigenvalue weighted by Gasteiger charge is 2.20. The van der Waals surface area contributed by atoms with Gasteiger partial charge >= 0.3 is 0 Å². The quantitative estimate of drug-likeness (QED) is 0.260. The van der Waals surface area contributed by atoms with E-state index >= 15 is 0 Å². The summed E-state index contributed by atoms with van der Waals surface area (Å²) in [5.74, 6) is 0.863. The van der Waals surface area contributed by atoms with Crippen molar-refractivity contribution in [2.45, 2.75) is 39.5 Å². The van der Waals surface area contributed by atoms with Gasteiger partial charge in [0.05, 0.1) is 11.2 Å². The van der Waals surface area contributed by atoms with E-state index in [1.165, 1.54) is 49.1 Å². The fraction of sp³-hybridized carbons (Fsp3) is 0.233. The van der Waals surface area contributed by atoms with Crippen LogP contribution in [0.1, 0.15) is 50.7 Å². The van der Waals surface area contributed by atoms with Crippen LogP contribution in [0.5, 0.6) is 0 Å². The summed E-state index contributed by atoms with van der Waals surface area (Å²) in [6, 6.07) is 20.0. The third-order valence-electron chi connectivity index (χ3n) is 6.94. The minimum atomic E-state index is 0.431. The zero-order valence-corrected chi connectivity index (χ0v) is 19.9. The lowest BCUT2D eigenvalue weighted by atomic mass is 9.87. The molecule has 164 valence electrons. The lowest BCUT2D eigenvalue weighted by Crippen LogP contribution is -1.99. The first-order valence-corrected chi connectivity index (χ1v) is 11.8. The zero-order valence-electron chi connectivity index (χ0n) is 19.9. The maximum atomic E-state index is 5.29. The highest BCUT2D eigenvalue weighted by molar-refractivity contribution is 6.15. The van der Waals surface area contributed by atoms with Gasteiger partial charge in [-0.05, 0) is 40.5 Å². The summed E-state index contributed by atoms with van der Waals surface area (Å²) in [6.45, 7) is 9.09. The first kappa shape index (κ1) is 20.0. The van der Waals surface area contributed by atoms with Crippen molar-refractivity contribution >= 4 is 38.1 Å². The third-order valence-corrected chi connectivity index (χ3v) is 6.94. The van der Waals surface area contributed by atoms with Gasteiger partial charge in [0, 0.05) is 52.7 Å². The van der Waals surface area contributed by atoms with E-state index in [0.29, 0.717) is 11.8 Å². The van der Waals surface area contributed by atoms with Gasteiger partial charge in [-0.15, -0.1) is 0 Å². The number of pyridine rings is 1. The number of aryl methyl sites for hydroxylation is 1. The van der Waals surface area contributed by atoms with Crippen molar-refractivity contribution in [3.05, 3.63) is 84.3 Å². The van der Waals surface area contributed by atoms with Gasteiger partial charge in [0.2, 0.25) is 0 Å². The van der Waals surface area contributed by atoms with Crippen molar-refractivity contribution in [2.75, 3.05) is 0 Å². The number of hydrogen-bond donors (Lipinski definition) is 0. The highest BCUT2D eigenvalue weighted by Crippen LogP contribution is 2.38. The number of imidazole rings is 1. The Hall–Kier alpha value is -3.59. The molecule has 3 aromatic heterocycles. The molecule has 0 aliphatic heterocycles. The first-order valence-electron chi connectivity index (χ1n) is 11.8. The summed E-state index contributed by atoms with van der Waals surface area (Å²) < 4.78 is 4.44. The zero-order chi connectivity index (χ0) is 22.9. The largest absolute Gasteiger partial charge is 0.356 e. The molecule has 0 radical (unpaired) electrons. The molecule has 0 atom stereocenters. The van der Waals surface area contributed by atoms with E-state index in [4.69, 9.17) is 4.98 Å². The first-order chi connectivity index (χ1) is 15.9. The Morgan fingerprint density at radius 1 is 0.697 bits per heavy atom. The number of rotatable bonds is 3. The average molecular weight is 432 g/mol. The molecule has 0 spiro atoms. The second-order valence-electron chi connectivity index (χ2n) is 9.91. The summed E-state index contributed by atoms with van der Waals surface area (Å²) >= 11 is 0. The molecule has 0 unspecified atom stereocenters. The molecule has 6 rings (SSSR count). The number of fused-ring (bicyclic) bond motifs is 7. The summed E-state index contributed by atoms with van der Waals surface area (Å²) in [4.78, 5) is 5.29. The van der Waals surface area contributed by atoms with Gasteiger partial charge in [-0.3, -0.25) is 4.40 Å². The Morgan fingerprint density at radius 3 is 2.00 bits per heavy atom. The van der Waals surface area contributed by atoms with Gasteiger partial charge in [0.25, 0.3) is 0 Å². The van der Waals surface area contributed by atoms with E-state index in [1.807, 2.05) is 0 Å². The van der Waals surface area contributed by atoms with Crippen molar-refractivity contribution in [1.29, 1.82) is 0 Å². The van der Waals surface area contributed by atoms with Crippen molar-refractivity contribution in [2.24, 2.45) is 7.05 Å². The Kier molecular flexibility index (Phi) is 4.38. The van der Waals surface area contributed by atoms with Crippen LogP contribution in [0.25, 0.3) is 49.4 Å². The Balaban J connectivity index is 1.78. The Morgan fingerprint density at radius 2 is 1.33 bits per heavy atom. The monoisotopic (exact) mass is 431 g/mol. The molecule has 0 fully saturated rings. The number of hydrogen-bond acceptors (Lipinski definition) is 1. The summed E-state index contributed by atoms with van der Waals surface area (Å²) in [6.07, 6.45) is 6.64. The number of benzene rings is 3. The van der Waals surface area contributed by atoms with Crippen molar-refractivity contribution in [3.63, 3.8) is 0 Å². The molecule has 0 aliphatic rings. The number of nitrogens with zero attached hydrogens (tertiary/aromatic N) is 3. The topological polar surface area (TPSA) is 22.2 Å². The minimum Gasteiger partial charge on any atom is -0.356 e. The molecule has 3 aromatic carbocycles. The second kappa shape index (κ2) is 7.21. The molecule has 0 saturated heterocycles. The van der Waals surface area contributed by atoms with Gasteiger partial charge in [0.1, 0.15) is 5.65 Å². The molecule has 0 bridgehead atoms. The van der Waals surface area contributed by atoms with E-state index in [2.05, 4.69) is 117 Å². The van der Waals surface area contributed by atoms with Crippen LogP contribution in [0, 0.1) is 0 Å². The maximum Gasteiger partial charge on any atom is 0.145 e. The second-order valence-corrected chi connectivity index (χ2v) is 9.91. The fourth-order valence-electron chi connectivity index (χ4n) is 5.37. The molecule has 0 aliphatic carbocycles. The van der Waals surface area contributed by atoms with Gasteiger partial charge in [0.15, 0.2) is 0 Å². The minimum absolute atomic E-state index is 0.431. The van der Waals surface area contributed by atoms with E-state index in [1.54, 1.807) is 0 Å². The molecule has 6 aromatic rings. The Labute approximate surface area is 194 Å². The predicted molar refractivity (Wildman–Crippen MR) is 140 cm³/mol. The normalized spacial score (nSPS) is 12.3. The third kappa shape index (κ3) is 2.99. The van der Waals surface area contributed by atoms with Gasteiger partial charge in [-0.2, -0.15) is 0 Å². The van der Waals surface area contributed by atoms with E-state index in [-0.39, 0.29) is 0 Å². The van der Waals surface area contributed by atoms with E-state index in [0.717, 1.165) is 11.3 Å². The summed E-state index contributed by atoms with van der Waals surface area (Å²) in [5.41, 5.74) is 7.32. The molecule has 33 heavy (non-hydrogen) atoms. The van der Waals surface area contributed by atoms with Crippen LogP contribution < -0.4 is 0 Å². The lowest BCUT2D eigenvalue weighted by molar-refractivity contribution is 0.837. The van der Waals surface area contributed by atoms with Crippen LogP contribution in [-0.4, -0.2) is 14.0 Å². The maximum absolute atomic E-state index is 5.29. The van der Waals surface area contributed by atoms with Crippen LogP contribution in [0.2, 0.25) is 0 Å². The van der Waals surface area contributed by atoms with Crippen molar-refractivity contribution < 1.29 is 0 Å². The fourth-order valence-corrected chi connectivity index (χ4v) is 5.37. The van der Waals surface area contributed by atoms with Crippen LogP contribution >= 0.6 is 0 Å². The van der Waals surface area contributed by atoms with E-state index < -0.39 is 0 Å². The number of aromatic nitrogens is 3. The van der Waals surface area contributed by atoms with Crippen LogP contribution in [0.15, 0.2) is 73.2 Å². The predicted octanol–water partition coefficient (Wildman–Crippen LogP) is 8.05. The van der Waals surface area contributed by atoms with Crippen LogP contribution in [-0.2, 0) is 7.05 Å². The van der Waals surface area contributed by atoms with Gasteiger partial charge in [-0.25, -0.2) is 4.98 Å². The molecule has 0 saturated carbocycles. The molecular weight excluding hydrogens is 402 g/mol. The lowest BCUT2D eigenvalue weighted by Gasteiger charge is -2.18. The van der Waals surface area contributed by atoms with Crippen molar-refractivity contribution in [3.8, 4) is 11.3 Å². The molecule has 0 amide bonds. The molecule has 0 N–H and O–H groups in total. The average Bonchev–Trinajstić information content (AvgIpc) is 3.40. The molecular formula is C30H29N3. The molecule has 3 heterocycles. The smallest absolute Gasteiger partial charge is 0.145 e. The van der Waals surface area contributed by atoms with Crippen LogP contribution in [0.4, 0.5) is 0 Å². The van der Waals surface area contributed by atoms with Gasteiger partial charge in [-0.1, -0.05) is 70.2 Å². The summed E-state index contributed by atoms with van der Waals surface area (Å²) in [7, 11) is 2.09. The van der Waals surface area contributed by atoms with E-state index in [9.17, 15) is 0 Å². The van der Waals surface area contributed by atoms with Gasteiger partial charge < -0.3 is 4.57 Å². The van der Waals surface area contributed by atoms with Crippen LogP contribution in [0.3, 0.4) is 0 Å². The highest BCUT2D eigenvalue weighted by atomic mass is 15.0. The molecule has 3 nitrogen and oxygen atoms in total. The standard InChI is InChI=1S/C30H29N3/c1-18(2)22-11-8-12-23(19(3)4)29(22)27-17-33-28-14-21-16-32(5)15-20(21)13-26(28)24-9-6-7-10-25(24)30(33)31-27/h6-19H,1-5H3. The Bertz CT molecular complexity index is 1650. The SMILES string of the molecule is CC(C)c1cccc(C(C)C)c1-c1cn2c3cc4cn(C)cc4cc3c3ccccc3c2n1. The summed E-state index contributed by atoms with van der Waals surface area (Å²) in [5, 5.41) is 6.23. The van der Waals surface area contributed by atoms with Crippen molar-refractivity contribution in [1.82, 2.24) is 14.0 Å². The molecule has 3 heteroatoms.